The molecule has 10 nitrogen and oxygen atoms in total. The average Bonchev–Trinajstić information content (AvgIpc) is 3.62. The largest absolute Gasteiger partial charge is 0.496 e. The molecular formula is C26H27N5O5. The highest BCUT2D eigenvalue weighted by molar-refractivity contribution is 6.00. The highest BCUT2D eigenvalue weighted by Crippen LogP contribution is 2.34. The zero-order chi connectivity index (χ0) is 24.7. The minimum Gasteiger partial charge on any atom is -0.496 e. The van der Waals surface area contributed by atoms with Crippen LogP contribution in [0.5, 0.6) is 5.75 Å². The molecule has 0 atom stereocenters. The summed E-state index contributed by atoms with van der Waals surface area (Å²) in [5.74, 6) is 1.55. The van der Waals surface area contributed by atoms with Crippen LogP contribution in [0.2, 0.25) is 0 Å². The van der Waals surface area contributed by atoms with Gasteiger partial charge in [-0.15, -0.1) is 0 Å². The summed E-state index contributed by atoms with van der Waals surface area (Å²) >= 11 is 0. The molecule has 1 aliphatic heterocycles. The fraction of sp³-hybridized carbons (Fsp3) is 0.269. The number of hydrogen-bond acceptors (Lipinski definition) is 9. The molecule has 36 heavy (non-hydrogen) atoms. The molecule has 0 saturated carbocycles. The van der Waals surface area contributed by atoms with Crippen LogP contribution in [0.15, 0.2) is 70.1 Å². The number of amides is 1. The van der Waals surface area contributed by atoms with Crippen LogP contribution in [0, 0.1) is 0 Å². The quantitative estimate of drug-likeness (QED) is 0.362. The summed E-state index contributed by atoms with van der Waals surface area (Å²) in [6, 6.07) is 13.2. The number of carbonyl (C=O) groups excluding carboxylic acids is 1. The van der Waals surface area contributed by atoms with Gasteiger partial charge in [0.25, 0.3) is 11.9 Å². The van der Waals surface area contributed by atoms with E-state index in [1.807, 2.05) is 36.4 Å². The molecule has 0 radical (unpaired) electrons. The Bertz CT molecular complexity index is 1300. The maximum absolute atomic E-state index is 12.9. The number of ether oxygens (including phenoxy) is 2. The molecular weight excluding hydrogens is 462 g/mol. The summed E-state index contributed by atoms with van der Waals surface area (Å²) in [5.41, 5.74) is 2.69. The molecule has 5 rings (SSSR count). The third-order valence-corrected chi connectivity index (χ3v) is 5.91. The molecule has 0 aliphatic carbocycles. The van der Waals surface area contributed by atoms with Crippen molar-refractivity contribution in [3.8, 4) is 28.4 Å². The zero-order valence-electron chi connectivity index (χ0n) is 19.9. The van der Waals surface area contributed by atoms with Gasteiger partial charge in [-0.1, -0.05) is 18.2 Å². The number of carbonyl (C=O) groups is 1. The lowest BCUT2D eigenvalue weighted by Gasteiger charge is -2.26. The molecule has 186 valence electrons. The molecule has 10 heteroatoms. The summed E-state index contributed by atoms with van der Waals surface area (Å²) < 4.78 is 22.2. The number of benzene rings is 2. The Balaban J connectivity index is 1.27. The van der Waals surface area contributed by atoms with Crippen LogP contribution in [0.25, 0.3) is 22.6 Å². The van der Waals surface area contributed by atoms with Gasteiger partial charge in [0, 0.05) is 43.5 Å². The summed E-state index contributed by atoms with van der Waals surface area (Å²) in [6.45, 7) is 4.58. The average molecular weight is 490 g/mol. The smallest absolute Gasteiger partial charge is 0.299 e. The highest BCUT2D eigenvalue weighted by atomic mass is 16.5. The number of aromatic nitrogens is 2. The number of nitrogens with zero attached hydrogens (tertiary/aromatic N) is 3. The second-order valence-electron chi connectivity index (χ2n) is 8.19. The Morgan fingerprint density at radius 2 is 1.94 bits per heavy atom. The standard InChI is InChI=1S/C26H27N5O5/c1-33-22-14-18(6-7-21(22)23-15-27-17-35-23)30-26-29-16-24(36-26)19-4-2-3-5-20(19)25(32)28-8-9-31-10-12-34-13-11-31/h2-7,14-17H,8-13H2,1H3,(H,28,32)(H,29,30). The van der Waals surface area contributed by atoms with E-state index >= 15 is 0 Å². The molecule has 4 aromatic rings. The SMILES string of the molecule is COc1cc(Nc2ncc(-c3ccccc3C(=O)NCCN3CCOCC3)o2)ccc1-c1cnco1. The summed E-state index contributed by atoms with van der Waals surface area (Å²) in [7, 11) is 1.59. The van der Waals surface area contributed by atoms with Gasteiger partial charge >= 0.3 is 0 Å². The van der Waals surface area contributed by atoms with Crippen LogP contribution in [0.3, 0.4) is 0 Å². The Morgan fingerprint density at radius 3 is 2.75 bits per heavy atom. The van der Waals surface area contributed by atoms with Crippen molar-refractivity contribution in [3.63, 3.8) is 0 Å². The van der Waals surface area contributed by atoms with Gasteiger partial charge in [0.2, 0.25) is 0 Å². The minimum atomic E-state index is -0.155. The number of rotatable bonds is 9. The normalized spacial score (nSPS) is 13.9. The lowest BCUT2D eigenvalue weighted by atomic mass is 10.1. The van der Waals surface area contributed by atoms with Gasteiger partial charge in [0.05, 0.1) is 43.8 Å². The van der Waals surface area contributed by atoms with Crippen molar-refractivity contribution in [3.05, 3.63) is 66.8 Å². The molecule has 1 aliphatic rings. The van der Waals surface area contributed by atoms with Crippen LogP contribution < -0.4 is 15.4 Å². The Morgan fingerprint density at radius 1 is 1.08 bits per heavy atom. The lowest BCUT2D eigenvalue weighted by Crippen LogP contribution is -2.41. The van der Waals surface area contributed by atoms with E-state index in [1.165, 1.54) is 6.39 Å². The van der Waals surface area contributed by atoms with Crippen molar-refractivity contribution in [1.82, 2.24) is 20.2 Å². The molecule has 1 saturated heterocycles. The number of morpholine rings is 1. The Labute approximate surface area is 208 Å². The van der Waals surface area contributed by atoms with Crippen LogP contribution in [-0.2, 0) is 4.74 Å². The van der Waals surface area contributed by atoms with Crippen molar-refractivity contribution in [2.24, 2.45) is 0 Å². The maximum atomic E-state index is 12.9. The highest BCUT2D eigenvalue weighted by Gasteiger charge is 2.17. The molecule has 3 heterocycles. The van der Waals surface area contributed by atoms with Crippen molar-refractivity contribution >= 4 is 17.6 Å². The van der Waals surface area contributed by atoms with Gasteiger partial charge in [-0.2, -0.15) is 0 Å². The van der Waals surface area contributed by atoms with E-state index in [9.17, 15) is 4.79 Å². The van der Waals surface area contributed by atoms with Crippen molar-refractivity contribution in [2.75, 3.05) is 51.8 Å². The summed E-state index contributed by atoms with van der Waals surface area (Å²) in [5, 5.41) is 6.15. The fourth-order valence-electron chi connectivity index (χ4n) is 4.04. The predicted molar refractivity (Wildman–Crippen MR) is 133 cm³/mol. The van der Waals surface area contributed by atoms with E-state index < -0.39 is 0 Å². The first-order valence-electron chi connectivity index (χ1n) is 11.7. The van der Waals surface area contributed by atoms with Gasteiger partial charge in [0.15, 0.2) is 17.9 Å². The molecule has 1 fully saturated rings. The van der Waals surface area contributed by atoms with E-state index in [4.69, 9.17) is 18.3 Å². The molecule has 0 spiro atoms. The van der Waals surface area contributed by atoms with Gasteiger partial charge in [-0.25, -0.2) is 9.97 Å². The number of hydrogen-bond donors (Lipinski definition) is 2. The monoisotopic (exact) mass is 489 g/mol. The van der Waals surface area contributed by atoms with E-state index in [-0.39, 0.29) is 5.91 Å². The molecule has 2 N–H and O–H groups in total. The molecule has 1 amide bonds. The first-order chi connectivity index (χ1) is 17.7. The molecule has 0 bridgehead atoms. The Kier molecular flexibility index (Phi) is 7.25. The van der Waals surface area contributed by atoms with E-state index in [0.29, 0.717) is 41.0 Å². The fourth-order valence-corrected chi connectivity index (χ4v) is 4.04. The second-order valence-corrected chi connectivity index (χ2v) is 8.19. The van der Waals surface area contributed by atoms with Crippen molar-refractivity contribution in [2.45, 2.75) is 0 Å². The second kappa shape index (κ2) is 11.1. The van der Waals surface area contributed by atoms with Gasteiger partial charge in [0.1, 0.15) is 5.75 Å². The predicted octanol–water partition coefficient (Wildman–Crippen LogP) is 3.81. The number of oxazole rings is 2. The van der Waals surface area contributed by atoms with Gasteiger partial charge in [-0.05, 0) is 18.2 Å². The lowest BCUT2D eigenvalue weighted by molar-refractivity contribution is 0.0383. The van der Waals surface area contributed by atoms with Crippen LogP contribution >= 0.6 is 0 Å². The molecule has 0 unspecified atom stereocenters. The topological polar surface area (TPSA) is 115 Å². The first-order valence-corrected chi connectivity index (χ1v) is 11.7. The first kappa shape index (κ1) is 23.6. The van der Waals surface area contributed by atoms with Crippen LogP contribution in [0.4, 0.5) is 11.7 Å². The van der Waals surface area contributed by atoms with Crippen molar-refractivity contribution < 1.29 is 23.1 Å². The summed E-state index contributed by atoms with van der Waals surface area (Å²) in [4.78, 5) is 23.5. The third kappa shape index (κ3) is 5.40. The minimum absolute atomic E-state index is 0.155. The van der Waals surface area contributed by atoms with Gasteiger partial charge < -0.3 is 28.9 Å². The summed E-state index contributed by atoms with van der Waals surface area (Å²) in [6.07, 6.45) is 4.60. The maximum Gasteiger partial charge on any atom is 0.299 e. The molecule has 2 aromatic heterocycles. The van der Waals surface area contributed by atoms with E-state index in [2.05, 4.69) is 25.5 Å². The molecule has 2 aromatic carbocycles. The van der Waals surface area contributed by atoms with Crippen LogP contribution in [0.1, 0.15) is 10.4 Å². The zero-order valence-corrected chi connectivity index (χ0v) is 19.9. The van der Waals surface area contributed by atoms with E-state index in [1.54, 1.807) is 25.6 Å². The van der Waals surface area contributed by atoms with Crippen molar-refractivity contribution in [1.29, 1.82) is 0 Å². The van der Waals surface area contributed by atoms with E-state index in [0.717, 1.165) is 44.1 Å². The number of methoxy groups -OCH3 is 1. The number of anilines is 2. The Hall–Kier alpha value is -4.15. The third-order valence-electron chi connectivity index (χ3n) is 5.91. The van der Waals surface area contributed by atoms with Crippen LogP contribution in [-0.4, -0.2) is 67.3 Å². The number of nitrogens with one attached hydrogen (secondary N) is 2. The van der Waals surface area contributed by atoms with Gasteiger partial charge in [-0.3, -0.25) is 9.69 Å².